The van der Waals surface area contributed by atoms with Gasteiger partial charge in [0, 0.05) is 23.4 Å². The molecule has 8 heteroatoms. The topological polar surface area (TPSA) is 127 Å². The van der Waals surface area contributed by atoms with Gasteiger partial charge in [-0.2, -0.15) is 5.26 Å². The molecule has 1 aliphatic heterocycles. The summed E-state index contributed by atoms with van der Waals surface area (Å²) in [7, 11) is 0. The van der Waals surface area contributed by atoms with Crippen LogP contribution in [-0.2, 0) is 5.41 Å². The van der Waals surface area contributed by atoms with E-state index in [1.807, 2.05) is 49.4 Å². The highest BCUT2D eigenvalue weighted by atomic mass is 16.5. The zero-order valence-electron chi connectivity index (χ0n) is 18.2. The van der Waals surface area contributed by atoms with Crippen LogP contribution in [0.2, 0.25) is 0 Å². The smallest absolute Gasteiger partial charge is 0.189 e. The standard InChI is InChI=1S/C25H23N7O/c1-16-4-2-3-5-18(16)19-13-21(33-32-19)23-24(27)30-14-20(31-23)17-6-9-29-22(12-17)25(15-26)7-10-28-11-8-25/h2-6,9,12-14,28H,7-8,10-11H2,1H3,(H2,27,30). The fourth-order valence-electron chi connectivity index (χ4n) is 4.22. The predicted molar refractivity (Wildman–Crippen MR) is 125 cm³/mol. The number of hydrogen-bond donors (Lipinski definition) is 2. The minimum atomic E-state index is -0.599. The van der Waals surface area contributed by atoms with Gasteiger partial charge in [-0.1, -0.05) is 29.4 Å². The Morgan fingerprint density at radius 3 is 2.70 bits per heavy atom. The van der Waals surface area contributed by atoms with E-state index in [2.05, 4.69) is 26.5 Å². The van der Waals surface area contributed by atoms with E-state index in [1.54, 1.807) is 12.4 Å². The number of benzene rings is 1. The van der Waals surface area contributed by atoms with Gasteiger partial charge in [0.25, 0.3) is 0 Å². The van der Waals surface area contributed by atoms with Gasteiger partial charge in [-0.3, -0.25) is 4.98 Å². The first kappa shape index (κ1) is 20.8. The molecule has 0 unspecified atom stereocenters. The molecule has 4 heterocycles. The van der Waals surface area contributed by atoms with Crippen molar-refractivity contribution >= 4 is 5.82 Å². The van der Waals surface area contributed by atoms with Gasteiger partial charge in [0.2, 0.25) is 0 Å². The number of nitrogens with zero attached hydrogens (tertiary/aromatic N) is 5. The average Bonchev–Trinajstić information content (AvgIpc) is 3.35. The van der Waals surface area contributed by atoms with Crippen molar-refractivity contribution in [1.82, 2.24) is 25.4 Å². The molecule has 1 saturated heterocycles. The van der Waals surface area contributed by atoms with Crippen molar-refractivity contribution in [2.75, 3.05) is 18.8 Å². The van der Waals surface area contributed by atoms with Crippen LogP contribution in [0.4, 0.5) is 5.82 Å². The number of pyridine rings is 1. The molecule has 0 radical (unpaired) electrons. The third-order valence-electron chi connectivity index (χ3n) is 6.18. The minimum absolute atomic E-state index is 0.257. The van der Waals surface area contributed by atoms with Gasteiger partial charge in [0.15, 0.2) is 17.3 Å². The number of nitrogen functional groups attached to an aromatic ring is 1. The van der Waals surface area contributed by atoms with Gasteiger partial charge in [-0.15, -0.1) is 0 Å². The zero-order chi connectivity index (χ0) is 22.8. The van der Waals surface area contributed by atoms with Gasteiger partial charge < -0.3 is 15.6 Å². The number of aromatic nitrogens is 4. The molecule has 1 fully saturated rings. The first-order chi connectivity index (χ1) is 16.1. The average molecular weight is 438 g/mol. The van der Waals surface area contributed by atoms with E-state index in [-0.39, 0.29) is 5.82 Å². The number of hydrogen-bond acceptors (Lipinski definition) is 8. The fourth-order valence-corrected chi connectivity index (χ4v) is 4.22. The Morgan fingerprint density at radius 1 is 1.09 bits per heavy atom. The molecule has 0 bridgehead atoms. The van der Waals surface area contributed by atoms with E-state index in [0.717, 1.165) is 48.3 Å². The Bertz CT molecular complexity index is 1350. The third-order valence-corrected chi connectivity index (χ3v) is 6.18. The van der Waals surface area contributed by atoms with Crippen molar-refractivity contribution in [3.63, 3.8) is 0 Å². The molecule has 33 heavy (non-hydrogen) atoms. The van der Waals surface area contributed by atoms with Gasteiger partial charge in [0.1, 0.15) is 11.1 Å². The molecule has 0 amide bonds. The summed E-state index contributed by atoms with van der Waals surface area (Å²) in [6.45, 7) is 3.61. The summed E-state index contributed by atoms with van der Waals surface area (Å²) >= 11 is 0. The van der Waals surface area contributed by atoms with E-state index >= 15 is 0 Å². The summed E-state index contributed by atoms with van der Waals surface area (Å²) in [4.78, 5) is 13.6. The monoisotopic (exact) mass is 437 g/mol. The lowest BCUT2D eigenvalue weighted by molar-refractivity contribution is 0.375. The number of rotatable bonds is 4. The third kappa shape index (κ3) is 3.83. The molecular weight excluding hydrogens is 414 g/mol. The molecule has 0 atom stereocenters. The zero-order valence-corrected chi connectivity index (χ0v) is 18.2. The molecule has 1 aliphatic rings. The van der Waals surface area contributed by atoms with E-state index in [0.29, 0.717) is 22.8 Å². The molecule has 4 aromatic rings. The van der Waals surface area contributed by atoms with E-state index in [4.69, 9.17) is 15.2 Å². The number of aryl methyl sites for hydroxylation is 1. The first-order valence-electron chi connectivity index (χ1n) is 10.8. The van der Waals surface area contributed by atoms with Crippen molar-refractivity contribution < 1.29 is 4.52 Å². The van der Waals surface area contributed by atoms with Gasteiger partial charge in [-0.25, -0.2) is 9.97 Å². The van der Waals surface area contributed by atoms with Gasteiger partial charge in [0.05, 0.1) is 23.7 Å². The molecule has 5 rings (SSSR count). The lowest BCUT2D eigenvalue weighted by Gasteiger charge is -2.30. The van der Waals surface area contributed by atoms with Crippen LogP contribution < -0.4 is 11.1 Å². The minimum Gasteiger partial charge on any atom is -0.382 e. The van der Waals surface area contributed by atoms with Crippen LogP contribution in [0.3, 0.4) is 0 Å². The van der Waals surface area contributed by atoms with Crippen LogP contribution in [0.15, 0.2) is 59.4 Å². The Hall–Kier alpha value is -4.09. The predicted octanol–water partition coefficient (Wildman–Crippen LogP) is 3.90. The summed E-state index contributed by atoms with van der Waals surface area (Å²) in [5.74, 6) is 0.702. The second-order valence-corrected chi connectivity index (χ2v) is 8.25. The Morgan fingerprint density at radius 2 is 1.91 bits per heavy atom. The van der Waals surface area contributed by atoms with Crippen LogP contribution in [0.1, 0.15) is 24.1 Å². The normalized spacial score (nSPS) is 15.2. The number of piperidine rings is 1. The van der Waals surface area contributed by atoms with E-state index in [1.165, 1.54) is 0 Å². The van der Waals surface area contributed by atoms with Gasteiger partial charge >= 0.3 is 0 Å². The maximum atomic E-state index is 9.92. The molecular formula is C25H23N7O. The maximum absolute atomic E-state index is 9.92. The number of nitriles is 1. The second kappa shape index (κ2) is 8.45. The SMILES string of the molecule is Cc1ccccc1-c1cc(-c2nc(-c3ccnc(C4(C#N)CCNCC4)c3)cnc2N)on1. The van der Waals surface area contributed by atoms with E-state index in [9.17, 15) is 5.26 Å². The lowest BCUT2D eigenvalue weighted by atomic mass is 9.77. The summed E-state index contributed by atoms with van der Waals surface area (Å²) in [5, 5.41) is 17.4. The Balaban J connectivity index is 1.52. The largest absolute Gasteiger partial charge is 0.382 e. The second-order valence-electron chi connectivity index (χ2n) is 8.25. The van der Waals surface area contributed by atoms with Crippen molar-refractivity contribution in [2.24, 2.45) is 0 Å². The van der Waals surface area contributed by atoms with Crippen LogP contribution in [0.25, 0.3) is 34.0 Å². The maximum Gasteiger partial charge on any atom is 0.189 e. The van der Waals surface area contributed by atoms with Crippen LogP contribution in [0.5, 0.6) is 0 Å². The molecule has 0 spiro atoms. The van der Waals surface area contributed by atoms with E-state index < -0.39 is 5.41 Å². The molecule has 1 aromatic carbocycles. The summed E-state index contributed by atoms with van der Waals surface area (Å²) in [5.41, 5.74) is 11.0. The molecule has 0 saturated carbocycles. The van der Waals surface area contributed by atoms with Crippen LogP contribution in [0, 0.1) is 18.3 Å². The lowest BCUT2D eigenvalue weighted by Crippen LogP contribution is -2.39. The number of nitrogens with one attached hydrogen (secondary N) is 1. The molecule has 8 nitrogen and oxygen atoms in total. The molecule has 3 N–H and O–H groups in total. The van der Waals surface area contributed by atoms with Crippen LogP contribution >= 0.6 is 0 Å². The van der Waals surface area contributed by atoms with Crippen molar-refractivity contribution in [1.29, 1.82) is 5.26 Å². The molecule has 0 aliphatic carbocycles. The number of anilines is 1. The Labute approximate surface area is 191 Å². The fraction of sp³-hybridized carbons (Fsp3) is 0.240. The first-order valence-corrected chi connectivity index (χ1v) is 10.8. The highest BCUT2D eigenvalue weighted by Crippen LogP contribution is 2.34. The van der Waals surface area contributed by atoms with Crippen LogP contribution in [-0.4, -0.2) is 33.2 Å². The van der Waals surface area contributed by atoms with Crippen molar-refractivity contribution in [3.05, 3.63) is 66.1 Å². The molecule has 3 aromatic heterocycles. The highest BCUT2D eigenvalue weighted by Gasteiger charge is 2.35. The van der Waals surface area contributed by atoms with Crippen molar-refractivity contribution in [2.45, 2.75) is 25.2 Å². The number of nitrogens with two attached hydrogens (primary N) is 1. The molecule has 164 valence electrons. The summed E-state index contributed by atoms with van der Waals surface area (Å²) in [6, 6.07) is 16.1. The summed E-state index contributed by atoms with van der Waals surface area (Å²) in [6.07, 6.45) is 4.78. The Kier molecular flexibility index (Phi) is 5.32. The summed E-state index contributed by atoms with van der Waals surface area (Å²) < 4.78 is 5.59. The van der Waals surface area contributed by atoms with Crippen molar-refractivity contribution in [3.8, 4) is 40.0 Å². The quantitative estimate of drug-likeness (QED) is 0.492. The van der Waals surface area contributed by atoms with Gasteiger partial charge in [-0.05, 0) is 50.6 Å². The highest BCUT2D eigenvalue weighted by molar-refractivity contribution is 5.73.